The maximum absolute atomic E-state index is 12.4. The van der Waals surface area contributed by atoms with Crippen molar-refractivity contribution in [1.29, 1.82) is 0 Å². The number of carbonyl (C=O) groups excluding carboxylic acids is 2. The smallest absolute Gasteiger partial charge is 0.241 e. The van der Waals surface area contributed by atoms with Crippen LogP contribution in [0.2, 0.25) is 0 Å². The van der Waals surface area contributed by atoms with Gasteiger partial charge in [-0.2, -0.15) is 0 Å². The van der Waals surface area contributed by atoms with Crippen LogP contribution in [0, 0.1) is 12.3 Å². The van der Waals surface area contributed by atoms with Gasteiger partial charge in [0.25, 0.3) is 0 Å². The van der Waals surface area contributed by atoms with Gasteiger partial charge in [0.05, 0.1) is 11.5 Å². The SMILES string of the molecule is C#CC(C)N1C(=O)CC(C)(c2ccccc2)C1=O. The Balaban J connectivity index is 2.42. The molecule has 2 rings (SSSR count). The molecule has 0 bridgehead atoms. The summed E-state index contributed by atoms with van der Waals surface area (Å²) < 4.78 is 0. The second-order valence-electron chi connectivity index (χ2n) is 4.79. The minimum absolute atomic E-state index is 0.182. The van der Waals surface area contributed by atoms with Gasteiger partial charge in [0.2, 0.25) is 11.8 Å². The Bertz CT molecular complexity index is 529. The van der Waals surface area contributed by atoms with Crippen molar-refractivity contribution in [2.24, 2.45) is 0 Å². The van der Waals surface area contributed by atoms with Crippen LogP contribution in [-0.2, 0) is 15.0 Å². The largest absolute Gasteiger partial charge is 0.274 e. The first kappa shape index (κ1) is 12.4. The average Bonchev–Trinajstić information content (AvgIpc) is 2.61. The van der Waals surface area contributed by atoms with Gasteiger partial charge >= 0.3 is 0 Å². The van der Waals surface area contributed by atoms with E-state index in [0.29, 0.717) is 0 Å². The number of benzene rings is 1. The van der Waals surface area contributed by atoms with Gasteiger partial charge < -0.3 is 0 Å². The van der Waals surface area contributed by atoms with Crippen molar-refractivity contribution < 1.29 is 9.59 Å². The predicted octanol–water partition coefficient (Wildman–Crippen LogP) is 1.72. The Labute approximate surface area is 107 Å². The summed E-state index contributed by atoms with van der Waals surface area (Å²) in [6, 6.07) is 8.87. The molecule has 1 aliphatic heterocycles. The Kier molecular flexibility index (Phi) is 2.96. The Morgan fingerprint density at radius 2 is 1.94 bits per heavy atom. The number of imide groups is 1. The summed E-state index contributed by atoms with van der Waals surface area (Å²) in [5.74, 6) is 2.04. The first-order valence-corrected chi connectivity index (χ1v) is 5.89. The molecule has 18 heavy (non-hydrogen) atoms. The monoisotopic (exact) mass is 241 g/mol. The van der Waals surface area contributed by atoms with Crippen LogP contribution in [0.1, 0.15) is 25.8 Å². The van der Waals surface area contributed by atoms with Gasteiger partial charge in [-0.05, 0) is 19.4 Å². The molecule has 0 radical (unpaired) electrons. The summed E-state index contributed by atoms with van der Waals surface area (Å²) in [6.07, 6.45) is 5.49. The number of likely N-dealkylation sites (tertiary alicyclic amines) is 1. The van der Waals surface area contributed by atoms with Crippen LogP contribution in [0.15, 0.2) is 30.3 Å². The molecular formula is C15H15NO2. The third-order valence-electron chi connectivity index (χ3n) is 3.50. The zero-order valence-electron chi connectivity index (χ0n) is 10.5. The third kappa shape index (κ3) is 1.70. The minimum atomic E-state index is -0.788. The van der Waals surface area contributed by atoms with Gasteiger partial charge in [0, 0.05) is 6.42 Å². The van der Waals surface area contributed by atoms with E-state index in [1.54, 1.807) is 13.8 Å². The van der Waals surface area contributed by atoms with Crippen molar-refractivity contribution in [3.8, 4) is 12.3 Å². The molecule has 1 aromatic carbocycles. The first-order valence-electron chi connectivity index (χ1n) is 5.89. The van der Waals surface area contributed by atoms with Crippen LogP contribution >= 0.6 is 0 Å². The fourth-order valence-corrected chi connectivity index (χ4v) is 2.34. The molecule has 0 spiro atoms. The maximum Gasteiger partial charge on any atom is 0.241 e. The highest BCUT2D eigenvalue weighted by molar-refractivity contribution is 6.09. The van der Waals surface area contributed by atoms with Gasteiger partial charge in [-0.25, -0.2) is 0 Å². The highest BCUT2D eigenvalue weighted by atomic mass is 16.2. The number of rotatable bonds is 2. The minimum Gasteiger partial charge on any atom is -0.274 e. The van der Waals surface area contributed by atoms with Crippen LogP contribution in [0.5, 0.6) is 0 Å². The lowest BCUT2D eigenvalue weighted by Gasteiger charge is -2.24. The molecule has 3 heteroatoms. The topological polar surface area (TPSA) is 37.4 Å². The normalized spacial score (nSPS) is 25.1. The summed E-state index contributed by atoms with van der Waals surface area (Å²) in [7, 11) is 0. The second kappa shape index (κ2) is 4.30. The highest BCUT2D eigenvalue weighted by Gasteiger charge is 2.50. The number of nitrogens with zero attached hydrogens (tertiary/aromatic N) is 1. The van der Waals surface area contributed by atoms with E-state index in [1.165, 1.54) is 4.90 Å². The molecule has 1 aliphatic rings. The molecule has 2 unspecified atom stereocenters. The van der Waals surface area contributed by atoms with Gasteiger partial charge in [-0.1, -0.05) is 36.3 Å². The van der Waals surface area contributed by atoms with Crippen LogP contribution in [0.25, 0.3) is 0 Å². The average molecular weight is 241 g/mol. The van der Waals surface area contributed by atoms with E-state index in [0.717, 1.165) is 5.56 Å². The van der Waals surface area contributed by atoms with Gasteiger partial charge in [-0.3, -0.25) is 14.5 Å². The Morgan fingerprint density at radius 1 is 1.33 bits per heavy atom. The number of carbonyl (C=O) groups is 2. The Hall–Kier alpha value is -2.08. The molecule has 2 amide bonds. The molecule has 3 nitrogen and oxygen atoms in total. The van der Waals surface area contributed by atoms with E-state index < -0.39 is 11.5 Å². The van der Waals surface area contributed by atoms with Crippen molar-refractivity contribution >= 4 is 11.8 Å². The lowest BCUT2D eigenvalue weighted by atomic mass is 9.81. The summed E-state index contributed by atoms with van der Waals surface area (Å²) in [4.78, 5) is 25.6. The highest BCUT2D eigenvalue weighted by Crippen LogP contribution is 2.36. The summed E-state index contributed by atoms with van der Waals surface area (Å²) >= 11 is 0. The molecule has 0 N–H and O–H groups in total. The zero-order chi connectivity index (χ0) is 13.3. The zero-order valence-corrected chi connectivity index (χ0v) is 10.5. The van der Waals surface area contributed by atoms with Crippen LogP contribution in [-0.4, -0.2) is 22.8 Å². The fourth-order valence-electron chi connectivity index (χ4n) is 2.34. The molecule has 1 fully saturated rings. The van der Waals surface area contributed by atoms with E-state index in [4.69, 9.17) is 6.42 Å². The molecule has 92 valence electrons. The summed E-state index contributed by atoms with van der Waals surface area (Å²) in [5, 5.41) is 0. The number of hydrogen-bond donors (Lipinski definition) is 0. The number of terminal acetylenes is 1. The van der Waals surface area contributed by atoms with Crippen molar-refractivity contribution in [1.82, 2.24) is 4.90 Å². The Morgan fingerprint density at radius 3 is 2.50 bits per heavy atom. The lowest BCUT2D eigenvalue weighted by Crippen LogP contribution is -2.41. The quantitative estimate of drug-likeness (QED) is 0.584. The van der Waals surface area contributed by atoms with Crippen molar-refractivity contribution in [3.05, 3.63) is 35.9 Å². The molecule has 2 atom stereocenters. The summed E-state index contributed by atoms with van der Waals surface area (Å²) in [6.45, 7) is 3.48. The standard InChI is InChI=1S/C15H15NO2/c1-4-11(2)16-13(17)10-15(3,14(16)18)12-8-6-5-7-9-12/h1,5-9,11H,10H2,2-3H3. The van der Waals surface area contributed by atoms with E-state index in [2.05, 4.69) is 5.92 Å². The number of amides is 2. The van der Waals surface area contributed by atoms with Crippen molar-refractivity contribution in [2.45, 2.75) is 31.7 Å². The van der Waals surface area contributed by atoms with Crippen LogP contribution in [0.4, 0.5) is 0 Å². The lowest BCUT2D eigenvalue weighted by molar-refractivity contribution is -0.140. The van der Waals surface area contributed by atoms with Gasteiger partial charge in [0.1, 0.15) is 0 Å². The van der Waals surface area contributed by atoms with Crippen molar-refractivity contribution in [3.63, 3.8) is 0 Å². The molecule has 1 heterocycles. The molecule has 0 aliphatic carbocycles. The van der Waals surface area contributed by atoms with Crippen molar-refractivity contribution in [2.75, 3.05) is 0 Å². The fraction of sp³-hybridized carbons (Fsp3) is 0.333. The number of hydrogen-bond acceptors (Lipinski definition) is 2. The molecule has 1 saturated heterocycles. The third-order valence-corrected chi connectivity index (χ3v) is 3.50. The molecular weight excluding hydrogens is 226 g/mol. The van der Waals surface area contributed by atoms with Crippen LogP contribution in [0.3, 0.4) is 0 Å². The van der Waals surface area contributed by atoms with Gasteiger partial charge in [0.15, 0.2) is 0 Å². The van der Waals surface area contributed by atoms with Gasteiger partial charge in [-0.15, -0.1) is 6.42 Å². The summed E-state index contributed by atoms with van der Waals surface area (Å²) in [5.41, 5.74) is 0.0683. The van der Waals surface area contributed by atoms with E-state index in [-0.39, 0.29) is 18.2 Å². The predicted molar refractivity (Wildman–Crippen MR) is 68.6 cm³/mol. The van der Waals surface area contributed by atoms with E-state index >= 15 is 0 Å². The molecule has 0 aromatic heterocycles. The van der Waals surface area contributed by atoms with Crippen LogP contribution < -0.4 is 0 Å². The van der Waals surface area contributed by atoms with E-state index in [9.17, 15) is 9.59 Å². The van der Waals surface area contributed by atoms with E-state index in [1.807, 2.05) is 30.3 Å². The molecule has 0 saturated carbocycles. The maximum atomic E-state index is 12.4. The molecule has 1 aromatic rings. The second-order valence-corrected chi connectivity index (χ2v) is 4.79. The first-order chi connectivity index (χ1) is 8.50.